The van der Waals surface area contributed by atoms with Gasteiger partial charge in [-0.05, 0) is 0 Å². The molecule has 0 saturated carbocycles. The Morgan fingerprint density at radius 2 is 1.14 bits per heavy atom. The van der Waals surface area contributed by atoms with E-state index in [4.69, 9.17) is 0 Å². The molecule has 1 rings (SSSR count). The summed E-state index contributed by atoms with van der Waals surface area (Å²) in [6.07, 6.45) is 17.4. The van der Waals surface area contributed by atoms with Crippen LogP contribution in [0.15, 0.2) is 0 Å². The van der Waals surface area contributed by atoms with Crippen molar-refractivity contribution in [2.24, 2.45) is 0 Å². The Balaban J connectivity index is 3.13. The number of hydrogen-bond donors (Lipinski definition) is 1. The van der Waals surface area contributed by atoms with E-state index in [1.807, 2.05) is 0 Å². The number of nitrogens with one attached hydrogen (secondary N) is 1. The molecule has 0 radical (unpaired) electrons. The van der Waals surface area contributed by atoms with Crippen LogP contribution in [0.4, 0.5) is 0 Å². The van der Waals surface area contributed by atoms with E-state index in [1.54, 1.807) is 24.6 Å². The third-order valence-corrected chi connectivity index (χ3v) is 13.8. The Morgan fingerprint density at radius 1 is 0.727 bits per heavy atom. The summed E-state index contributed by atoms with van der Waals surface area (Å²) in [5, 5.41) is 3.67. The maximum absolute atomic E-state index is 3.67. The zero-order chi connectivity index (χ0) is 16.3. The maximum atomic E-state index is 3.67. The second-order valence-corrected chi connectivity index (χ2v) is 13.8. The van der Waals surface area contributed by atoms with Crippen molar-refractivity contribution in [2.75, 3.05) is 44.4 Å². The van der Waals surface area contributed by atoms with Gasteiger partial charge < -0.3 is 0 Å². The van der Waals surface area contributed by atoms with Crippen molar-refractivity contribution in [1.29, 1.82) is 0 Å². The Labute approximate surface area is 140 Å². The fourth-order valence-corrected chi connectivity index (χ4v) is 12.6. The van der Waals surface area contributed by atoms with E-state index < -0.39 is 6.75 Å². The molecular formula is C19H43N2P. The zero-order valence-corrected chi connectivity index (χ0v) is 16.9. The molecule has 0 bridgehead atoms. The van der Waals surface area contributed by atoms with Gasteiger partial charge in [0.2, 0.25) is 0 Å². The summed E-state index contributed by atoms with van der Waals surface area (Å²) in [6, 6.07) is 0. The van der Waals surface area contributed by atoms with Crippen LogP contribution in [0.2, 0.25) is 0 Å². The van der Waals surface area contributed by atoms with Gasteiger partial charge in [-0.3, -0.25) is 0 Å². The normalized spacial score (nSPS) is 18.5. The minimum absolute atomic E-state index is 1.18. The fourth-order valence-electron chi connectivity index (χ4n) is 4.47. The number of rotatable bonds is 13. The van der Waals surface area contributed by atoms with Gasteiger partial charge in [-0.15, -0.1) is 0 Å². The van der Waals surface area contributed by atoms with E-state index in [2.05, 4.69) is 37.7 Å². The van der Waals surface area contributed by atoms with Crippen LogP contribution >= 0.6 is 6.75 Å². The van der Waals surface area contributed by atoms with Gasteiger partial charge in [0.15, 0.2) is 0 Å². The molecule has 0 spiro atoms. The van der Waals surface area contributed by atoms with E-state index in [0.717, 1.165) is 0 Å². The molecule has 134 valence electrons. The third-order valence-electron chi connectivity index (χ3n) is 5.99. The van der Waals surface area contributed by atoms with Crippen LogP contribution in [0.5, 0.6) is 0 Å². The van der Waals surface area contributed by atoms with Gasteiger partial charge in [0.25, 0.3) is 0 Å². The van der Waals surface area contributed by atoms with Crippen LogP contribution in [-0.4, -0.2) is 49.1 Å². The van der Waals surface area contributed by atoms with Crippen molar-refractivity contribution in [3.63, 3.8) is 0 Å². The molecule has 0 unspecified atom stereocenters. The van der Waals surface area contributed by atoms with Gasteiger partial charge in [0, 0.05) is 0 Å². The Morgan fingerprint density at radius 3 is 1.41 bits per heavy atom. The Bertz CT molecular complexity index is 244. The molecule has 3 heteroatoms. The standard InChI is InChI=1S/C19H43N2P/c1-5-9-15-22(16-10-6-2,17-11-7-3,18-12-8-4)21-14-13-20-19-21/h20H,5-19H2,1-4H3. The summed E-state index contributed by atoms with van der Waals surface area (Å²) < 4.78 is 3.02. The molecule has 0 amide bonds. The number of nitrogens with zero attached hydrogens (tertiary/aromatic N) is 1. The van der Waals surface area contributed by atoms with Crippen LogP contribution < -0.4 is 5.32 Å². The first-order valence-corrected chi connectivity index (χ1v) is 13.1. The molecule has 0 atom stereocenters. The molecule has 1 aliphatic rings. The average molecular weight is 331 g/mol. The zero-order valence-electron chi connectivity index (χ0n) is 16.0. The van der Waals surface area contributed by atoms with Crippen molar-refractivity contribution >= 4 is 6.75 Å². The van der Waals surface area contributed by atoms with Crippen molar-refractivity contribution in [1.82, 2.24) is 9.99 Å². The van der Waals surface area contributed by atoms with Crippen LogP contribution in [0.1, 0.15) is 79.1 Å². The molecule has 0 aromatic carbocycles. The Hall–Kier alpha value is 0.350. The second kappa shape index (κ2) is 10.3. The van der Waals surface area contributed by atoms with Crippen molar-refractivity contribution in [3.05, 3.63) is 0 Å². The van der Waals surface area contributed by atoms with Gasteiger partial charge in [-0.2, -0.15) is 0 Å². The molecule has 0 aliphatic carbocycles. The van der Waals surface area contributed by atoms with Gasteiger partial charge in [-0.1, -0.05) is 0 Å². The Kier molecular flexibility index (Phi) is 9.51. The summed E-state index contributed by atoms with van der Waals surface area (Å²) in [6.45, 7) is 11.5. The van der Waals surface area contributed by atoms with E-state index in [1.165, 1.54) is 71.1 Å². The second-order valence-electron chi connectivity index (χ2n) is 7.60. The molecule has 1 heterocycles. The molecule has 1 aliphatic heterocycles. The molecule has 1 fully saturated rings. The molecule has 0 aromatic heterocycles. The van der Waals surface area contributed by atoms with E-state index in [9.17, 15) is 0 Å². The van der Waals surface area contributed by atoms with Crippen LogP contribution in [-0.2, 0) is 0 Å². The van der Waals surface area contributed by atoms with E-state index >= 15 is 0 Å². The molecule has 2 nitrogen and oxygen atoms in total. The monoisotopic (exact) mass is 330 g/mol. The minimum atomic E-state index is -1.72. The number of hydrogen-bond acceptors (Lipinski definition) is 2. The van der Waals surface area contributed by atoms with Crippen molar-refractivity contribution in [2.45, 2.75) is 79.1 Å². The molecular weight excluding hydrogens is 287 g/mol. The average Bonchev–Trinajstić information content (AvgIpc) is 3.10. The van der Waals surface area contributed by atoms with Crippen molar-refractivity contribution in [3.8, 4) is 0 Å². The SMILES string of the molecule is CCCCP(CCCC)(CCCC)(CCCC)N1CCNC1. The van der Waals surface area contributed by atoms with E-state index in [0.29, 0.717) is 0 Å². The van der Waals surface area contributed by atoms with Crippen LogP contribution in [0, 0.1) is 0 Å². The first-order valence-electron chi connectivity index (χ1n) is 10.1. The molecule has 0 aromatic rings. The molecule has 22 heavy (non-hydrogen) atoms. The van der Waals surface area contributed by atoms with Gasteiger partial charge >= 0.3 is 140 Å². The first kappa shape index (κ1) is 20.4. The fraction of sp³-hybridized carbons (Fsp3) is 1.00. The summed E-state index contributed by atoms with van der Waals surface area (Å²) in [4.78, 5) is 0. The molecule has 1 saturated heterocycles. The number of unbranched alkanes of at least 4 members (excludes halogenated alkanes) is 4. The summed E-state index contributed by atoms with van der Waals surface area (Å²) in [5.41, 5.74) is 0. The molecule has 1 N–H and O–H groups in total. The summed E-state index contributed by atoms with van der Waals surface area (Å²) >= 11 is 0. The van der Waals surface area contributed by atoms with Gasteiger partial charge in [-0.25, -0.2) is 0 Å². The van der Waals surface area contributed by atoms with E-state index in [-0.39, 0.29) is 0 Å². The predicted molar refractivity (Wildman–Crippen MR) is 106 cm³/mol. The van der Waals surface area contributed by atoms with Gasteiger partial charge in [0.05, 0.1) is 0 Å². The van der Waals surface area contributed by atoms with Crippen LogP contribution in [0.25, 0.3) is 0 Å². The quantitative estimate of drug-likeness (QED) is 0.447. The first-order chi connectivity index (χ1) is 10.7. The van der Waals surface area contributed by atoms with Crippen molar-refractivity contribution < 1.29 is 0 Å². The van der Waals surface area contributed by atoms with Crippen LogP contribution in [0.3, 0.4) is 0 Å². The summed E-state index contributed by atoms with van der Waals surface area (Å²) in [7, 11) is 0. The topological polar surface area (TPSA) is 15.3 Å². The summed E-state index contributed by atoms with van der Waals surface area (Å²) in [5.74, 6) is 0. The third kappa shape index (κ3) is 4.92. The van der Waals surface area contributed by atoms with Gasteiger partial charge in [0.1, 0.15) is 0 Å². The predicted octanol–water partition coefficient (Wildman–Crippen LogP) is 5.52.